The molecule has 1 amide bonds. The van der Waals surface area contributed by atoms with Gasteiger partial charge in [0.15, 0.2) is 0 Å². The molecule has 130 valence electrons. The second kappa shape index (κ2) is 5.91. The van der Waals surface area contributed by atoms with Crippen LogP contribution in [-0.4, -0.2) is 10.5 Å². The van der Waals surface area contributed by atoms with E-state index in [1.807, 2.05) is 0 Å². The van der Waals surface area contributed by atoms with Crippen molar-refractivity contribution in [2.45, 2.75) is 6.54 Å². The van der Waals surface area contributed by atoms with Crippen LogP contribution in [0.15, 0.2) is 54.6 Å². The van der Waals surface area contributed by atoms with Crippen molar-refractivity contribution in [1.29, 1.82) is 0 Å². The Bertz CT molecular complexity index is 1160. The van der Waals surface area contributed by atoms with Gasteiger partial charge in [0.25, 0.3) is 0 Å². The van der Waals surface area contributed by atoms with E-state index < -0.39 is 23.4 Å². The number of aromatic nitrogens is 1. The van der Waals surface area contributed by atoms with Crippen molar-refractivity contribution in [3.05, 3.63) is 83.2 Å². The first-order valence-electron chi connectivity index (χ1n) is 7.89. The van der Waals surface area contributed by atoms with Gasteiger partial charge in [-0.3, -0.25) is 4.79 Å². The summed E-state index contributed by atoms with van der Waals surface area (Å²) in [4.78, 5) is 11.8. The van der Waals surface area contributed by atoms with Gasteiger partial charge < -0.3 is 10.3 Å². The molecule has 0 bridgehead atoms. The highest BCUT2D eigenvalue weighted by atomic mass is 19.1. The van der Waals surface area contributed by atoms with Crippen molar-refractivity contribution in [3.8, 4) is 0 Å². The maximum Gasteiger partial charge on any atom is 0.249 e. The molecule has 1 aromatic heterocycles. The molecule has 3 nitrogen and oxygen atoms in total. The van der Waals surface area contributed by atoms with Crippen LogP contribution in [0.2, 0.25) is 0 Å². The van der Waals surface area contributed by atoms with Crippen LogP contribution in [0.1, 0.15) is 15.9 Å². The molecule has 0 radical (unpaired) electrons. The normalized spacial score (nSPS) is 11.3. The van der Waals surface area contributed by atoms with Crippen molar-refractivity contribution in [3.63, 3.8) is 0 Å². The summed E-state index contributed by atoms with van der Waals surface area (Å²) in [5.74, 6) is -2.43. The maximum atomic E-state index is 13.8. The van der Waals surface area contributed by atoms with Crippen LogP contribution in [0.5, 0.6) is 0 Å². The molecule has 0 fully saturated rings. The summed E-state index contributed by atoms with van der Waals surface area (Å²) in [5, 5.41) is 1.04. The lowest BCUT2D eigenvalue weighted by molar-refractivity contribution is 0.100. The average molecular weight is 354 g/mol. The van der Waals surface area contributed by atoms with Gasteiger partial charge >= 0.3 is 0 Å². The lowest BCUT2D eigenvalue weighted by atomic mass is 10.1. The number of benzene rings is 3. The number of carbonyl (C=O) groups is 1. The quantitative estimate of drug-likeness (QED) is 0.584. The molecule has 4 aromatic rings. The zero-order chi connectivity index (χ0) is 18.4. The lowest BCUT2D eigenvalue weighted by Gasteiger charge is -2.08. The summed E-state index contributed by atoms with van der Waals surface area (Å²) >= 11 is 0. The topological polar surface area (TPSA) is 48.0 Å². The summed E-state index contributed by atoms with van der Waals surface area (Å²) < 4.78 is 42.7. The standard InChI is InChI=1S/C20H13F3N2O/c21-12-4-5-17-16(9-12)19-15(20(24)26)2-1-3-18(19)25(17)10-11-6-13(22)8-14(23)7-11/h1-9H,10H2,(H2,24,26). The van der Waals surface area contributed by atoms with Gasteiger partial charge in [-0.15, -0.1) is 0 Å². The number of nitrogens with two attached hydrogens (primary N) is 1. The number of hydrogen-bond acceptors (Lipinski definition) is 1. The zero-order valence-electron chi connectivity index (χ0n) is 13.5. The van der Waals surface area contributed by atoms with Crippen molar-refractivity contribution >= 4 is 27.7 Å². The van der Waals surface area contributed by atoms with E-state index in [0.717, 1.165) is 6.07 Å². The van der Waals surface area contributed by atoms with Crippen LogP contribution in [0.3, 0.4) is 0 Å². The third-order valence-corrected chi connectivity index (χ3v) is 4.38. The van der Waals surface area contributed by atoms with Crippen molar-refractivity contribution in [2.24, 2.45) is 5.73 Å². The molecule has 0 unspecified atom stereocenters. The fourth-order valence-electron chi connectivity index (χ4n) is 3.38. The van der Waals surface area contributed by atoms with E-state index in [2.05, 4.69) is 0 Å². The van der Waals surface area contributed by atoms with E-state index >= 15 is 0 Å². The fourth-order valence-corrected chi connectivity index (χ4v) is 3.38. The van der Waals surface area contributed by atoms with Gasteiger partial charge in [-0.1, -0.05) is 6.07 Å². The predicted molar refractivity (Wildman–Crippen MR) is 93.4 cm³/mol. The van der Waals surface area contributed by atoms with E-state index in [-0.39, 0.29) is 12.1 Å². The minimum absolute atomic E-state index is 0.155. The van der Waals surface area contributed by atoms with Gasteiger partial charge in [-0.05, 0) is 48.0 Å². The van der Waals surface area contributed by atoms with Gasteiger partial charge in [-0.2, -0.15) is 0 Å². The van der Waals surface area contributed by atoms with Gasteiger partial charge in [0.2, 0.25) is 5.91 Å². The number of fused-ring (bicyclic) bond motifs is 3. The van der Waals surface area contributed by atoms with Crippen molar-refractivity contribution < 1.29 is 18.0 Å². The average Bonchev–Trinajstić information content (AvgIpc) is 2.87. The Balaban J connectivity index is 2.04. The second-order valence-electron chi connectivity index (χ2n) is 6.09. The smallest absolute Gasteiger partial charge is 0.249 e. The van der Waals surface area contributed by atoms with Gasteiger partial charge in [0.05, 0.1) is 5.52 Å². The Morgan fingerprint density at radius 1 is 0.885 bits per heavy atom. The number of rotatable bonds is 3. The molecule has 0 aliphatic rings. The second-order valence-corrected chi connectivity index (χ2v) is 6.09. The molecule has 1 heterocycles. The highest BCUT2D eigenvalue weighted by molar-refractivity contribution is 6.17. The van der Waals surface area contributed by atoms with E-state index in [1.54, 1.807) is 28.8 Å². The first-order chi connectivity index (χ1) is 12.4. The Kier molecular flexibility index (Phi) is 3.68. The molecule has 0 spiro atoms. The van der Waals surface area contributed by atoms with Gasteiger partial charge in [0.1, 0.15) is 17.5 Å². The Morgan fingerprint density at radius 3 is 2.31 bits per heavy atom. The molecule has 6 heteroatoms. The molecule has 4 rings (SSSR count). The number of hydrogen-bond donors (Lipinski definition) is 1. The molecule has 2 N–H and O–H groups in total. The Hall–Kier alpha value is -3.28. The van der Waals surface area contributed by atoms with Crippen LogP contribution < -0.4 is 5.73 Å². The third-order valence-electron chi connectivity index (χ3n) is 4.38. The summed E-state index contributed by atoms with van der Waals surface area (Å²) in [6, 6.07) is 12.5. The minimum Gasteiger partial charge on any atom is -0.366 e. The van der Waals surface area contributed by atoms with Crippen LogP contribution in [0.4, 0.5) is 13.2 Å². The molecular weight excluding hydrogens is 341 g/mol. The molecule has 26 heavy (non-hydrogen) atoms. The highest BCUT2D eigenvalue weighted by Crippen LogP contribution is 2.33. The summed E-state index contributed by atoms with van der Waals surface area (Å²) in [7, 11) is 0. The first-order valence-corrected chi connectivity index (χ1v) is 7.89. The van der Waals surface area contributed by atoms with E-state index in [9.17, 15) is 18.0 Å². The van der Waals surface area contributed by atoms with Gasteiger partial charge in [0, 0.05) is 34.5 Å². The molecule has 3 aromatic carbocycles. The number of primary amides is 1. The third kappa shape index (κ3) is 2.60. The number of nitrogens with zero attached hydrogens (tertiary/aromatic N) is 1. The first kappa shape index (κ1) is 16.2. The van der Waals surface area contributed by atoms with Crippen LogP contribution in [-0.2, 0) is 6.54 Å². The Labute approximate surface area is 146 Å². The molecular formula is C20H13F3N2O. The lowest BCUT2D eigenvalue weighted by Crippen LogP contribution is -2.11. The highest BCUT2D eigenvalue weighted by Gasteiger charge is 2.17. The SMILES string of the molecule is NC(=O)c1cccc2c1c1cc(F)ccc1n2Cc1cc(F)cc(F)c1. The molecule has 0 aliphatic carbocycles. The summed E-state index contributed by atoms with van der Waals surface area (Å²) in [6.07, 6.45) is 0. The van der Waals surface area contributed by atoms with Crippen LogP contribution in [0, 0.1) is 17.5 Å². The summed E-state index contributed by atoms with van der Waals surface area (Å²) in [6.45, 7) is 0.155. The largest absolute Gasteiger partial charge is 0.366 e. The maximum absolute atomic E-state index is 13.8. The fraction of sp³-hybridized carbons (Fsp3) is 0.0500. The van der Waals surface area contributed by atoms with Gasteiger partial charge in [-0.25, -0.2) is 13.2 Å². The van der Waals surface area contributed by atoms with E-state index in [1.165, 1.54) is 24.3 Å². The monoisotopic (exact) mass is 354 g/mol. The zero-order valence-corrected chi connectivity index (χ0v) is 13.5. The van der Waals surface area contributed by atoms with E-state index in [4.69, 9.17) is 5.73 Å². The van der Waals surface area contributed by atoms with E-state index in [0.29, 0.717) is 27.4 Å². The number of amides is 1. The summed E-state index contributed by atoms with van der Waals surface area (Å²) in [5.41, 5.74) is 7.42. The predicted octanol–water partition coefficient (Wildman–Crippen LogP) is 4.36. The number of halogens is 3. The van der Waals surface area contributed by atoms with Crippen molar-refractivity contribution in [1.82, 2.24) is 4.57 Å². The molecule has 0 saturated heterocycles. The molecule has 0 atom stereocenters. The number of carbonyl (C=O) groups excluding carboxylic acids is 1. The van der Waals surface area contributed by atoms with Crippen molar-refractivity contribution in [2.75, 3.05) is 0 Å². The molecule has 0 aliphatic heterocycles. The Morgan fingerprint density at radius 2 is 1.62 bits per heavy atom. The molecule has 0 saturated carbocycles. The van der Waals surface area contributed by atoms with Crippen LogP contribution >= 0.6 is 0 Å². The minimum atomic E-state index is -0.676. The van der Waals surface area contributed by atoms with Crippen LogP contribution in [0.25, 0.3) is 21.8 Å².